The zero-order chi connectivity index (χ0) is 54.3. The molecular formula is C69H130O6. The van der Waals surface area contributed by atoms with Crippen molar-refractivity contribution < 1.29 is 28.6 Å². The molecule has 442 valence electrons. The van der Waals surface area contributed by atoms with Gasteiger partial charge in [0.05, 0.1) is 0 Å². The Balaban J connectivity index is 3.92. The number of hydrogen-bond donors (Lipinski definition) is 0. The van der Waals surface area contributed by atoms with Crippen LogP contribution in [0.4, 0.5) is 0 Å². The van der Waals surface area contributed by atoms with E-state index in [9.17, 15) is 14.4 Å². The normalized spacial score (nSPS) is 12.1. The lowest BCUT2D eigenvalue weighted by molar-refractivity contribution is -0.167. The fourth-order valence-electron chi connectivity index (χ4n) is 10.3. The van der Waals surface area contributed by atoms with Crippen LogP contribution >= 0.6 is 0 Å². The van der Waals surface area contributed by atoms with E-state index in [0.29, 0.717) is 19.3 Å². The molecule has 0 aliphatic heterocycles. The molecule has 6 nitrogen and oxygen atoms in total. The van der Waals surface area contributed by atoms with Crippen molar-refractivity contribution in [2.45, 2.75) is 386 Å². The van der Waals surface area contributed by atoms with Crippen LogP contribution in [0.25, 0.3) is 0 Å². The molecule has 0 saturated carbocycles. The highest BCUT2D eigenvalue weighted by Gasteiger charge is 2.19. The first-order valence-electron chi connectivity index (χ1n) is 33.8. The zero-order valence-electron chi connectivity index (χ0n) is 50.8. The minimum absolute atomic E-state index is 0.0679. The third kappa shape index (κ3) is 62.6. The Morgan fingerprint density at radius 2 is 0.467 bits per heavy atom. The summed E-state index contributed by atoms with van der Waals surface area (Å²) in [5.74, 6) is -0.857. The Labute approximate surface area is 468 Å². The largest absolute Gasteiger partial charge is 0.462 e. The second-order valence-corrected chi connectivity index (χ2v) is 23.1. The van der Waals surface area contributed by atoms with Gasteiger partial charge in [-0.2, -0.15) is 0 Å². The van der Waals surface area contributed by atoms with Gasteiger partial charge in [0.25, 0.3) is 0 Å². The second kappa shape index (κ2) is 64.4. The van der Waals surface area contributed by atoms with Crippen LogP contribution in [0, 0.1) is 0 Å². The van der Waals surface area contributed by atoms with Crippen molar-refractivity contribution in [3.8, 4) is 0 Å². The lowest BCUT2D eigenvalue weighted by atomic mass is 10.0. The molecular weight excluding hydrogens is 925 g/mol. The van der Waals surface area contributed by atoms with E-state index in [4.69, 9.17) is 14.2 Å². The number of unbranched alkanes of at least 4 members (excludes halogenated alkanes) is 48. The molecule has 1 atom stereocenters. The minimum Gasteiger partial charge on any atom is -0.462 e. The second-order valence-electron chi connectivity index (χ2n) is 23.1. The van der Waals surface area contributed by atoms with Crippen molar-refractivity contribution in [3.05, 3.63) is 24.3 Å². The average Bonchev–Trinajstić information content (AvgIpc) is 3.41. The first kappa shape index (κ1) is 72.9. The summed E-state index contributed by atoms with van der Waals surface area (Å²) in [5.41, 5.74) is 0. The van der Waals surface area contributed by atoms with Gasteiger partial charge in [-0.15, -0.1) is 0 Å². The van der Waals surface area contributed by atoms with Crippen LogP contribution < -0.4 is 0 Å². The van der Waals surface area contributed by atoms with Crippen molar-refractivity contribution in [2.24, 2.45) is 0 Å². The van der Waals surface area contributed by atoms with Gasteiger partial charge in [-0.1, -0.05) is 321 Å². The number of carbonyl (C=O) groups excluding carboxylic acids is 3. The molecule has 0 saturated heterocycles. The van der Waals surface area contributed by atoms with Gasteiger partial charge >= 0.3 is 17.9 Å². The molecule has 0 aromatic carbocycles. The fourth-order valence-corrected chi connectivity index (χ4v) is 10.3. The van der Waals surface area contributed by atoms with Crippen LogP contribution in [-0.2, 0) is 28.6 Å². The highest BCUT2D eigenvalue weighted by molar-refractivity contribution is 5.71. The standard InChI is InChI=1S/C69H130O6/c1-4-7-10-13-16-19-22-24-25-26-27-28-29-30-31-32-33-34-35-36-37-38-39-40-41-42-43-44-45-46-48-50-53-56-59-62-68(71)74-65-66(64-73-67(70)61-58-55-52-49-21-18-15-12-9-6-3)75-69(72)63-60-57-54-51-47-23-20-17-14-11-8-5-2/h12,15,26-27,66H,4-11,13-14,16-25,28-65H2,1-3H3/b15-12-,27-26-. The Morgan fingerprint density at radius 1 is 0.253 bits per heavy atom. The van der Waals surface area contributed by atoms with E-state index in [1.165, 1.54) is 270 Å². The smallest absolute Gasteiger partial charge is 0.306 e. The summed E-state index contributed by atoms with van der Waals surface area (Å²) in [4.78, 5) is 38.1. The van der Waals surface area contributed by atoms with Crippen LogP contribution in [0.5, 0.6) is 0 Å². The monoisotopic (exact) mass is 1050 g/mol. The quantitative estimate of drug-likeness (QED) is 0.0261. The van der Waals surface area contributed by atoms with Gasteiger partial charge in [-0.25, -0.2) is 0 Å². The molecule has 0 bridgehead atoms. The maximum absolute atomic E-state index is 12.8. The topological polar surface area (TPSA) is 78.9 Å². The molecule has 0 rings (SSSR count). The molecule has 0 heterocycles. The van der Waals surface area contributed by atoms with E-state index < -0.39 is 6.10 Å². The summed E-state index contributed by atoms with van der Waals surface area (Å²) >= 11 is 0. The summed E-state index contributed by atoms with van der Waals surface area (Å²) in [6, 6.07) is 0. The van der Waals surface area contributed by atoms with Crippen LogP contribution in [0.15, 0.2) is 24.3 Å². The van der Waals surface area contributed by atoms with Crippen LogP contribution in [-0.4, -0.2) is 37.2 Å². The summed E-state index contributed by atoms with van der Waals surface area (Å²) in [7, 11) is 0. The highest BCUT2D eigenvalue weighted by Crippen LogP contribution is 2.18. The van der Waals surface area contributed by atoms with Gasteiger partial charge < -0.3 is 14.2 Å². The number of rotatable bonds is 63. The summed E-state index contributed by atoms with van der Waals surface area (Å²) < 4.78 is 16.9. The van der Waals surface area contributed by atoms with Crippen molar-refractivity contribution in [2.75, 3.05) is 13.2 Å². The lowest BCUT2D eigenvalue weighted by Crippen LogP contribution is -2.30. The highest BCUT2D eigenvalue weighted by atomic mass is 16.6. The first-order valence-corrected chi connectivity index (χ1v) is 33.8. The Morgan fingerprint density at radius 3 is 0.720 bits per heavy atom. The Kier molecular flexibility index (Phi) is 62.6. The van der Waals surface area contributed by atoms with Crippen molar-refractivity contribution in [1.29, 1.82) is 0 Å². The molecule has 0 N–H and O–H groups in total. The van der Waals surface area contributed by atoms with Crippen molar-refractivity contribution in [3.63, 3.8) is 0 Å². The van der Waals surface area contributed by atoms with Crippen LogP contribution in [0.2, 0.25) is 0 Å². The Bertz CT molecular complexity index is 1210. The summed E-state index contributed by atoms with van der Waals surface area (Å²) in [6.07, 6.45) is 78.1. The molecule has 6 heteroatoms. The predicted molar refractivity (Wildman–Crippen MR) is 326 cm³/mol. The lowest BCUT2D eigenvalue weighted by Gasteiger charge is -2.18. The molecule has 1 unspecified atom stereocenters. The molecule has 0 fully saturated rings. The molecule has 0 aromatic heterocycles. The van der Waals surface area contributed by atoms with Gasteiger partial charge in [-0.3, -0.25) is 14.4 Å². The molecule has 0 radical (unpaired) electrons. The van der Waals surface area contributed by atoms with Gasteiger partial charge in [0.15, 0.2) is 6.10 Å². The van der Waals surface area contributed by atoms with Crippen LogP contribution in [0.3, 0.4) is 0 Å². The van der Waals surface area contributed by atoms with E-state index in [1.54, 1.807) is 0 Å². The molecule has 0 amide bonds. The third-order valence-electron chi connectivity index (χ3n) is 15.4. The predicted octanol–water partition coefficient (Wildman–Crippen LogP) is 23.0. The van der Waals surface area contributed by atoms with E-state index in [0.717, 1.165) is 70.6 Å². The molecule has 0 aliphatic carbocycles. The van der Waals surface area contributed by atoms with Crippen molar-refractivity contribution >= 4 is 17.9 Å². The first-order chi connectivity index (χ1) is 37.0. The maximum atomic E-state index is 12.8. The average molecular weight is 1060 g/mol. The van der Waals surface area contributed by atoms with Gasteiger partial charge in [-0.05, 0) is 64.2 Å². The SMILES string of the molecule is CCC/C=C\CCCCCCCC(=O)OCC(COC(=O)CCCCCCCCCCCCCCCCCCCCCCCCC/C=C\CCCCCCCCCC)OC(=O)CCCCCCCCCCCCCC. The zero-order valence-corrected chi connectivity index (χ0v) is 50.8. The maximum Gasteiger partial charge on any atom is 0.306 e. The third-order valence-corrected chi connectivity index (χ3v) is 15.4. The number of allylic oxidation sites excluding steroid dienone is 4. The summed E-state index contributed by atoms with van der Waals surface area (Å²) in [6.45, 7) is 6.62. The molecule has 0 spiro atoms. The van der Waals surface area contributed by atoms with E-state index in [2.05, 4.69) is 45.1 Å². The Hall–Kier alpha value is -2.11. The number of ether oxygens (including phenoxy) is 3. The van der Waals surface area contributed by atoms with Crippen LogP contribution in [0.1, 0.15) is 380 Å². The fraction of sp³-hybridized carbons (Fsp3) is 0.899. The summed E-state index contributed by atoms with van der Waals surface area (Å²) in [5, 5.41) is 0. The van der Waals surface area contributed by atoms with Gasteiger partial charge in [0.1, 0.15) is 13.2 Å². The van der Waals surface area contributed by atoms with Gasteiger partial charge in [0.2, 0.25) is 0 Å². The van der Waals surface area contributed by atoms with E-state index in [1.807, 2.05) is 0 Å². The van der Waals surface area contributed by atoms with E-state index in [-0.39, 0.29) is 31.1 Å². The van der Waals surface area contributed by atoms with Gasteiger partial charge in [0, 0.05) is 19.3 Å². The minimum atomic E-state index is -0.768. The van der Waals surface area contributed by atoms with E-state index >= 15 is 0 Å². The molecule has 0 aliphatic rings. The molecule has 75 heavy (non-hydrogen) atoms. The number of carbonyl (C=O) groups is 3. The molecule has 0 aromatic rings. The number of esters is 3. The number of hydrogen-bond acceptors (Lipinski definition) is 6. The van der Waals surface area contributed by atoms with Crippen molar-refractivity contribution in [1.82, 2.24) is 0 Å².